The lowest BCUT2D eigenvalue weighted by molar-refractivity contribution is -0.151. The normalized spacial score (nSPS) is 11.9. The Bertz CT molecular complexity index is 400. The van der Waals surface area contributed by atoms with Gasteiger partial charge in [-0.25, -0.2) is 0 Å². The van der Waals surface area contributed by atoms with Crippen LogP contribution in [0, 0.1) is 5.92 Å². The molecular weight excluding hydrogens is 244 g/mol. The van der Waals surface area contributed by atoms with Gasteiger partial charge in [-0.15, -0.1) is 0 Å². The molecular formula is C15H20O4. The van der Waals surface area contributed by atoms with Gasteiger partial charge in [-0.2, -0.15) is 0 Å². The van der Waals surface area contributed by atoms with Gasteiger partial charge < -0.3 is 9.47 Å². The van der Waals surface area contributed by atoms with E-state index in [0.29, 0.717) is 19.6 Å². The summed E-state index contributed by atoms with van der Waals surface area (Å²) in [6, 6.07) is 9.75. The van der Waals surface area contributed by atoms with Crippen molar-refractivity contribution in [1.29, 1.82) is 0 Å². The predicted octanol–water partition coefficient (Wildman–Crippen LogP) is 2.36. The molecule has 4 heteroatoms. The Morgan fingerprint density at radius 3 is 2.47 bits per heavy atom. The first-order valence-electron chi connectivity index (χ1n) is 6.44. The first-order chi connectivity index (χ1) is 9.15. The van der Waals surface area contributed by atoms with Gasteiger partial charge in [-0.05, 0) is 25.8 Å². The highest BCUT2D eigenvalue weighted by Crippen LogP contribution is 2.09. The topological polar surface area (TPSA) is 52.6 Å². The van der Waals surface area contributed by atoms with Gasteiger partial charge in [0.2, 0.25) is 0 Å². The standard InChI is InChI=1S/C15H20O4/c1-3-19-15(17)14(12(2)16)9-10-18-11-13-7-5-4-6-8-13/h4-8,14H,3,9-11H2,1-2H3/t14-/m1/s1. The van der Waals surface area contributed by atoms with Crippen LogP contribution in [0.2, 0.25) is 0 Å². The molecule has 0 amide bonds. The van der Waals surface area contributed by atoms with Crippen molar-refractivity contribution in [3.8, 4) is 0 Å². The smallest absolute Gasteiger partial charge is 0.316 e. The molecule has 0 saturated heterocycles. The molecule has 0 aliphatic carbocycles. The molecule has 19 heavy (non-hydrogen) atoms. The van der Waals surface area contributed by atoms with Crippen LogP contribution in [0.25, 0.3) is 0 Å². The Morgan fingerprint density at radius 1 is 1.21 bits per heavy atom. The van der Waals surface area contributed by atoms with Crippen LogP contribution in [-0.2, 0) is 25.7 Å². The van der Waals surface area contributed by atoms with E-state index >= 15 is 0 Å². The Morgan fingerprint density at radius 2 is 1.89 bits per heavy atom. The lowest BCUT2D eigenvalue weighted by atomic mass is 10.0. The van der Waals surface area contributed by atoms with Gasteiger partial charge in [0.25, 0.3) is 0 Å². The van der Waals surface area contributed by atoms with E-state index in [1.165, 1.54) is 6.92 Å². The molecule has 0 aliphatic heterocycles. The fraction of sp³-hybridized carbons (Fsp3) is 0.467. The number of rotatable bonds is 8. The minimum absolute atomic E-state index is 0.179. The predicted molar refractivity (Wildman–Crippen MR) is 71.5 cm³/mol. The van der Waals surface area contributed by atoms with Crippen LogP contribution in [0.3, 0.4) is 0 Å². The van der Waals surface area contributed by atoms with Crippen molar-refractivity contribution in [3.05, 3.63) is 35.9 Å². The zero-order chi connectivity index (χ0) is 14.1. The number of carbonyl (C=O) groups is 2. The molecule has 0 bridgehead atoms. The van der Waals surface area contributed by atoms with E-state index in [0.717, 1.165) is 5.56 Å². The summed E-state index contributed by atoms with van der Waals surface area (Å²) < 4.78 is 10.3. The van der Waals surface area contributed by atoms with Crippen LogP contribution in [0.4, 0.5) is 0 Å². The van der Waals surface area contributed by atoms with Crippen molar-refractivity contribution in [2.75, 3.05) is 13.2 Å². The van der Waals surface area contributed by atoms with Crippen molar-refractivity contribution in [2.24, 2.45) is 5.92 Å². The molecule has 1 atom stereocenters. The van der Waals surface area contributed by atoms with E-state index in [4.69, 9.17) is 9.47 Å². The molecule has 0 heterocycles. The monoisotopic (exact) mass is 264 g/mol. The molecule has 104 valence electrons. The molecule has 0 aliphatic rings. The second-order valence-corrected chi connectivity index (χ2v) is 4.24. The van der Waals surface area contributed by atoms with E-state index < -0.39 is 11.9 Å². The zero-order valence-electron chi connectivity index (χ0n) is 11.4. The number of benzene rings is 1. The van der Waals surface area contributed by atoms with Crippen LogP contribution in [0.1, 0.15) is 25.8 Å². The number of ether oxygens (including phenoxy) is 2. The highest BCUT2D eigenvalue weighted by atomic mass is 16.5. The number of hydrogen-bond donors (Lipinski definition) is 0. The molecule has 1 rings (SSSR count). The van der Waals surface area contributed by atoms with Crippen LogP contribution in [0.15, 0.2) is 30.3 Å². The number of ketones is 1. The fourth-order valence-electron chi connectivity index (χ4n) is 1.70. The van der Waals surface area contributed by atoms with E-state index in [2.05, 4.69) is 0 Å². The maximum atomic E-state index is 11.6. The van der Waals surface area contributed by atoms with Gasteiger partial charge >= 0.3 is 5.97 Å². The quantitative estimate of drug-likeness (QED) is 0.411. The van der Waals surface area contributed by atoms with E-state index in [-0.39, 0.29) is 12.4 Å². The van der Waals surface area contributed by atoms with Gasteiger partial charge in [0.05, 0.1) is 13.2 Å². The Kier molecular flexibility index (Phi) is 6.82. The van der Waals surface area contributed by atoms with Gasteiger partial charge in [0, 0.05) is 6.61 Å². The second kappa shape index (κ2) is 8.43. The number of hydrogen-bond acceptors (Lipinski definition) is 4. The third kappa shape index (κ3) is 5.66. The molecule has 1 aromatic carbocycles. The lowest BCUT2D eigenvalue weighted by Gasteiger charge is -2.12. The average Bonchev–Trinajstić information content (AvgIpc) is 2.39. The van der Waals surface area contributed by atoms with Crippen LogP contribution >= 0.6 is 0 Å². The van der Waals surface area contributed by atoms with Crippen LogP contribution in [-0.4, -0.2) is 25.0 Å². The maximum absolute atomic E-state index is 11.6. The van der Waals surface area contributed by atoms with Crippen molar-refractivity contribution >= 4 is 11.8 Å². The summed E-state index contributed by atoms with van der Waals surface area (Å²) in [5.41, 5.74) is 1.07. The number of esters is 1. The van der Waals surface area contributed by atoms with E-state index in [1.807, 2.05) is 30.3 Å². The molecule has 0 N–H and O–H groups in total. The molecule has 0 fully saturated rings. The molecule has 0 aromatic heterocycles. The third-order valence-electron chi connectivity index (χ3n) is 2.72. The summed E-state index contributed by atoms with van der Waals surface area (Å²) in [7, 11) is 0. The summed E-state index contributed by atoms with van der Waals surface area (Å²) in [5, 5.41) is 0. The number of Topliss-reactive ketones (excluding diaryl/α,β-unsaturated/α-hetero) is 1. The lowest BCUT2D eigenvalue weighted by Crippen LogP contribution is -2.25. The molecule has 0 spiro atoms. The molecule has 0 saturated carbocycles. The zero-order valence-corrected chi connectivity index (χ0v) is 11.4. The summed E-state index contributed by atoms with van der Waals surface area (Å²) >= 11 is 0. The van der Waals surface area contributed by atoms with Gasteiger partial charge in [-0.1, -0.05) is 30.3 Å². The summed E-state index contributed by atoms with van der Waals surface area (Å²) in [5.74, 6) is -1.35. The first-order valence-corrected chi connectivity index (χ1v) is 6.44. The molecule has 0 unspecified atom stereocenters. The minimum Gasteiger partial charge on any atom is -0.465 e. The summed E-state index contributed by atoms with van der Waals surface area (Å²) in [6.45, 7) is 4.25. The van der Waals surface area contributed by atoms with Crippen LogP contribution in [0.5, 0.6) is 0 Å². The second-order valence-electron chi connectivity index (χ2n) is 4.24. The fourth-order valence-corrected chi connectivity index (χ4v) is 1.70. The van der Waals surface area contributed by atoms with Crippen molar-refractivity contribution in [1.82, 2.24) is 0 Å². The largest absolute Gasteiger partial charge is 0.465 e. The Hall–Kier alpha value is -1.68. The summed E-state index contributed by atoms with van der Waals surface area (Å²) in [4.78, 5) is 22.9. The number of carbonyl (C=O) groups excluding carboxylic acids is 2. The van der Waals surface area contributed by atoms with Gasteiger partial charge in [-0.3, -0.25) is 9.59 Å². The van der Waals surface area contributed by atoms with Gasteiger partial charge in [0.15, 0.2) is 0 Å². The van der Waals surface area contributed by atoms with Gasteiger partial charge in [0.1, 0.15) is 11.7 Å². The summed E-state index contributed by atoms with van der Waals surface area (Å²) in [6.07, 6.45) is 0.362. The minimum atomic E-state index is -0.712. The van der Waals surface area contributed by atoms with Crippen molar-refractivity contribution in [2.45, 2.75) is 26.9 Å². The molecule has 0 radical (unpaired) electrons. The molecule has 1 aromatic rings. The van der Waals surface area contributed by atoms with E-state index in [1.54, 1.807) is 6.92 Å². The highest BCUT2D eigenvalue weighted by Gasteiger charge is 2.24. The molecule has 4 nitrogen and oxygen atoms in total. The Labute approximate surface area is 113 Å². The SMILES string of the molecule is CCOC(=O)[C@H](CCOCc1ccccc1)C(C)=O. The van der Waals surface area contributed by atoms with Crippen molar-refractivity contribution < 1.29 is 19.1 Å². The first kappa shape index (κ1) is 15.4. The highest BCUT2D eigenvalue weighted by molar-refractivity contribution is 5.97. The maximum Gasteiger partial charge on any atom is 0.316 e. The third-order valence-corrected chi connectivity index (χ3v) is 2.72. The van der Waals surface area contributed by atoms with Crippen LogP contribution < -0.4 is 0 Å². The van der Waals surface area contributed by atoms with Crippen molar-refractivity contribution in [3.63, 3.8) is 0 Å². The average molecular weight is 264 g/mol. The Balaban J connectivity index is 2.33. The van der Waals surface area contributed by atoms with E-state index in [9.17, 15) is 9.59 Å².